The third-order valence-electron chi connectivity index (χ3n) is 7.75. The van der Waals surface area contributed by atoms with E-state index in [9.17, 15) is 13.2 Å². The molecule has 4 rings (SSSR count). The van der Waals surface area contributed by atoms with E-state index in [4.69, 9.17) is 0 Å². The second-order valence-corrected chi connectivity index (χ2v) is 12.3. The fourth-order valence-electron chi connectivity index (χ4n) is 5.54. The fourth-order valence-corrected chi connectivity index (χ4v) is 6.78. The van der Waals surface area contributed by atoms with Gasteiger partial charge in [0.05, 0.1) is 11.3 Å². The van der Waals surface area contributed by atoms with E-state index in [0.29, 0.717) is 19.5 Å². The van der Waals surface area contributed by atoms with Crippen molar-refractivity contribution in [1.82, 2.24) is 14.1 Å². The van der Waals surface area contributed by atoms with Gasteiger partial charge in [-0.1, -0.05) is 30.3 Å². The summed E-state index contributed by atoms with van der Waals surface area (Å²) in [5.74, 6) is 2.50. The van der Waals surface area contributed by atoms with Crippen molar-refractivity contribution >= 4 is 15.9 Å². The topological polar surface area (TPSA) is 60.9 Å². The van der Waals surface area contributed by atoms with Crippen LogP contribution in [0.2, 0.25) is 0 Å². The van der Waals surface area contributed by atoms with Gasteiger partial charge in [0.2, 0.25) is 15.9 Å². The molecule has 1 aromatic carbocycles. The Morgan fingerprint density at radius 2 is 1.77 bits per heavy atom. The maximum Gasteiger partial charge on any atom is 0.224 e. The van der Waals surface area contributed by atoms with E-state index in [1.807, 2.05) is 0 Å². The molecule has 0 spiro atoms. The van der Waals surface area contributed by atoms with E-state index >= 15 is 0 Å². The Hall–Kier alpha value is -1.44. The molecule has 2 atom stereocenters. The van der Waals surface area contributed by atoms with Gasteiger partial charge in [-0.25, -0.2) is 8.42 Å². The number of nitrogens with zero attached hydrogens (tertiary/aromatic N) is 3. The second kappa shape index (κ2) is 8.83. The van der Waals surface area contributed by atoms with Crippen LogP contribution in [-0.2, 0) is 14.8 Å². The lowest BCUT2D eigenvalue weighted by molar-refractivity contribution is -0.136. The van der Waals surface area contributed by atoms with Crippen LogP contribution in [0.1, 0.15) is 50.5 Å². The molecule has 3 aliphatic rings. The van der Waals surface area contributed by atoms with Crippen molar-refractivity contribution in [1.29, 1.82) is 0 Å². The SMILES string of the molecule is CCS(=O)(=O)N1CC(CC(=O)N(C)C)(N2CCC(C[C@@H]3CC3c3ccccc3)CC2)C1. The number of sulfonamides is 1. The molecular formula is C24H37N3O3S. The minimum Gasteiger partial charge on any atom is -0.349 e. The van der Waals surface area contributed by atoms with Crippen molar-refractivity contribution in [3.05, 3.63) is 35.9 Å². The van der Waals surface area contributed by atoms with Gasteiger partial charge in [-0.2, -0.15) is 4.31 Å². The van der Waals surface area contributed by atoms with Crippen LogP contribution in [0, 0.1) is 11.8 Å². The summed E-state index contributed by atoms with van der Waals surface area (Å²) < 4.78 is 26.2. The number of amides is 1. The number of carbonyl (C=O) groups is 1. The van der Waals surface area contributed by atoms with Gasteiger partial charge in [-0.3, -0.25) is 9.69 Å². The van der Waals surface area contributed by atoms with Crippen LogP contribution in [0.4, 0.5) is 0 Å². The molecule has 1 unspecified atom stereocenters. The maximum atomic E-state index is 12.5. The monoisotopic (exact) mass is 447 g/mol. The summed E-state index contributed by atoms with van der Waals surface area (Å²) in [4.78, 5) is 16.6. The lowest BCUT2D eigenvalue weighted by atomic mass is 9.81. The van der Waals surface area contributed by atoms with Gasteiger partial charge in [0.15, 0.2) is 0 Å². The Labute approximate surface area is 187 Å². The first-order valence-electron chi connectivity index (χ1n) is 11.7. The Morgan fingerprint density at radius 1 is 1.13 bits per heavy atom. The van der Waals surface area contributed by atoms with Crippen LogP contribution in [0.3, 0.4) is 0 Å². The molecule has 7 heteroatoms. The highest BCUT2D eigenvalue weighted by Gasteiger charge is 2.53. The van der Waals surface area contributed by atoms with Crippen LogP contribution in [0.15, 0.2) is 30.3 Å². The predicted molar refractivity (Wildman–Crippen MR) is 123 cm³/mol. The molecule has 1 amide bonds. The van der Waals surface area contributed by atoms with Gasteiger partial charge in [0.1, 0.15) is 0 Å². The minimum absolute atomic E-state index is 0.0827. The zero-order chi connectivity index (χ0) is 22.2. The first-order valence-corrected chi connectivity index (χ1v) is 13.3. The number of carbonyl (C=O) groups excluding carboxylic acids is 1. The highest BCUT2D eigenvalue weighted by molar-refractivity contribution is 7.89. The summed E-state index contributed by atoms with van der Waals surface area (Å²) in [5, 5.41) is 0. The number of likely N-dealkylation sites (tertiary alicyclic amines) is 1. The average molecular weight is 448 g/mol. The van der Waals surface area contributed by atoms with Crippen LogP contribution in [0.25, 0.3) is 0 Å². The van der Waals surface area contributed by atoms with E-state index in [1.54, 1.807) is 30.2 Å². The summed E-state index contributed by atoms with van der Waals surface area (Å²) in [6, 6.07) is 10.9. The zero-order valence-corrected chi connectivity index (χ0v) is 20.0. The summed E-state index contributed by atoms with van der Waals surface area (Å²) >= 11 is 0. The maximum absolute atomic E-state index is 12.5. The quantitative estimate of drug-likeness (QED) is 0.615. The van der Waals surface area contributed by atoms with Gasteiger partial charge in [-0.15, -0.1) is 0 Å². The highest BCUT2D eigenvalue weighted by atomic mass is 32.2. The van der Waals surface area contributed by atoms with Gasteiger partial charge >= 0.3 is 0 Å². The van der Waals surface area contributed by atoms with Crippen LogP contribution in [-0.4, -0.2) is 80.0 Å². The first-order chi connectivity index (χ1) is 14.7. The van der Waals surface area contributed by atoms with Crippen molar-refractivity contribution < 1.29 is 13.2 Å². The molecule has 1 saturated carbocycles. The van der Waals surface area contributed by atoms with Gasteiger partial charge in [0.25, 0.3) is 0 Å². The average Bonchev–Trinajstić information content (AvgIpc) is 3.50. The fraction of sp³-hybridized carbons (Fsp3) is 0.708. The molecule has 0 bridgehead atoms. The molecule has 2 saturated heterocycles. The smallest absolute Gasteiger partial charge is 0.224 e. The van der Waals surface area contributed by atoms with Gasteiger partial charge < -0.3 is 4.90 Å². The molecular weight excluding hydrogens is 410 g/mol. The number of benzene rings is 1. The summed E-state index contributed by atoms with van der Waals surface area (Å²) in [7, 11) is 0.360. The highest BCUT2D eigenvalue weighted by Crippen LogP contribution is 2.52. The van der Waals surface area contributed by atoms with Crippen LogP contribution in [0.5, 0.6) is 0 Å². The zero-order valence-electron chi connectivity index (χ0n) is 19.2. The number of hydrogen-bond donors (Lipinski definition) is 0. The van der Waals surface area contributed by atoms with Gasteiger partial charge in [0, 0.05) is 33.6 Å². The van der Waals surface area contributed by atoms with Crippen molar-refractivity contribution in [2.75, 3.05) is 46.0 Å². The van der Waals surface area contributed by atoms with Crippen LogP contribution >= 0.6 is 0 Å². The summed E-state index contributed by atoms with van der Waals surface area (Å²) in [6.07, 6.45) is 5.31. The molecule has 1 aromatic rings. The molecule has 0 aromatic heterocycles. The van der Waals surface area contributed by atoms with E-state index in [2.05, 4.69) is 35.2 Å². The predicted octanol–water partition coefficient (Wildman–Crippen LogP) is 2.77. The lowest BCUT2D eigenvalue weighted by Crippen LogP contribution is -2.73. The van der Waals surface area contributed by atoms with Gasteiger partial charge in [-0.05, 0) is 69.0 Å². The standard InChI is InChI=1S/C24H37N3O3S/c1-4-31(29,30)27-17-24(18-27,16-23(28)25(2)3)26-12-10-19(11-13-26)14-21-15-22(21)20-8-6-5-7-9-20/h5-9,19,21-22H,4,10-18H2,1-3H3/t21-,22?/m1/s1. The largest absolute Gasteiger partial charge is 0.349 e. The van der Waals surface area contributed by atoms with Crippen molar-refractivity contribution in [2.24, 2.45) is 11.8 Å². The van der Waals surface area contributed by atoms with Crippen molar-refractivity contribution in [2.45, 2.75) is 50.5 Å². The lowest BCUT2D eigenvalue weighted by Gasteiger charge is -2.56. The second-order valence-electron chi connectivity index (χ2n) is 10.0. The minimum atomic E-state index is -3.20. The summed E-state index contributed by atoms with van der Waals surface area (Å²) in [5.41, 5.74) is 1.15. The van der Waals surface area contributed by atoms with Crippen molar-refractivity contribution in [3.63, 3.8) is 0 Å². The Kier molecular flexibility index (Phi) is 6.48. The first kappa shape index (κ1) is 22.7. The molecule has 31 heavy (non-hydrogen) atoms. The molecule has 1 aliphatic carbocycles. The number of piperidine rings is 1. The molecule has 172 valence electrons. The molecule has 2 heterocycles. The van der Waals surface area contributed by atoms with Crippen LogP contribution < -0.4 is 0 Å². The molecule has 3 fully saturated rings. The molecule has 2 aliphatic heterocycles. The number of rotatable bonds is 8. The molecule has 0 N–H and O–H groups in total. The molecule has 0 radical (unpaired) electrons. The third kappa shape index (κ3) is 4.83. The Morgan fingerprint density at radius 3 is 2.35 bits per heavy atom. The van der Waals surface area contributed by atoms with E-state index in [0.717, 1.165) is 43.7 Å². The van der Waals surface area contributed by atoms with E-state index < -0.39 is 10.0 Å². The normalized spacial score (nSPS) is 26.9. The molecule has 6 nitrogen and oxygen atoms in total. The Bertz CT molecular complexity index is 873. The van der Waals surface area contributed by atoms with Crippen molar-refractivity contribution in [3.8, 4) is 0 Å². The Balaban J connectivity index is 1.33. The van der Waals surface area contributed by atoms with E-state index in [-0.39, 0.29) is 17.2 Å². The number of hydrogen-bond acceptors (Lipinski definition) is 4. The van der Waals surface area contributed by atoms with E-state index in [1.165, 1.54) is 18.4 Å². The third-order valence-corrected chi connectivity index (χ3v) is 9.52. The summed E-state index contributed by atoms with van der Waals surface area (Å²) in [6.45, 7) is 4.52.